The molecule has 0 aromatic heterocycles. The van der Waals surface area contributed by atoms with Crippen molar-refractivity contribution in [1.29, 1.82) is 0 Å². The molecule has 1 atom stereocenters. The van der Waals surface area contributed by atoms with Crippen LogP contribution in [0, 0.1) is 0 Å². The molecule has 0 bridgehead atoms. The Kier molecular flexibility index (Phi) is 4.08. The van der Waals surface area contributed by atoms with E-state index in [1.165, 1.54) is 0 Å². The number of primary amides is 1. The number of hydrogen-bond acceptors (Lipinski definition) is 4. The van der Waals surface area contributed by atoms with Gasteiger partial charge < -0.3 is 11.5 Å². The molecule has 0 saturated heterocycles. The van der Waals surface area contributed by atoms with Crippen molar-refractivity contribution in [1.82, 2.24) is 0 Å². The predicted octanol–water partition coefficient (Wildman–Crippen LogP) is -0.598. The molecule has 0 radical (unpaired) electrons. The van der Waals surface area contributed by atoms with E-state index >= 15 is 0 Å². The highest BCUT2D eigenvalue weighted by Gasteiger charge is 2.32. The number of sulfone groups is 1. The van der Waals surface area contributed by atoms with Gasteiger partial charge in [-0.05, 0) is 20.3 Å². The Labute approximate surface area is 84.8 Å². The average Bonchev–Trinajstić information content (AvgIpc) is 1.79. The van der Waals surface area contributed by atoms with Crippen molar-refractivity contribution in [2.45, 2.75) is 38.0 Å². The minimum absolute atomic E-state index is 0.188. The summed E-state index contributed by atoms with van der Waals surface area (Å²) < 4.78 is 23.3. The lowest BCUT2D eigenvalue weighted by atomic mass is 10.1. The van der Waals surface area contributed by atoms with Gasteiger partial charge in [0.05, 0.1) is 5.75 Å². The van der Waals surface area contributed by atoms with Gasteiger partial charge in [0.2, 0.25) is 5.91 Å². The first kappa shape index (κ1) is 13.4. The van der Waals surface area contributed by atoms with Crippen LogP contribution >= 0.6 is 0 Å². The second-order valence-electron chi connectivity index (χ2n) is 4.10. The van der Waals surface area contributed by atoms with Crippen LogP contribution in [0.2, 0.25) is 0 Å². The van der Waals surface area contributed by atoms with E-state index in [1.807, 2.05) is 0 Å². The van der Waals surface area contributed by atoms with E-state index in [1.54, 1.807) is 20.8 Å². The first-order chi connectivity index (χ1) is 6.10. The minimum Gasteiger partial charge on any atom is -0.369 e. The number of nitrogens with two attached hydrogens (primary N) is 2. The zero-order valence-corrected chi connectivity index (χ0v) is 9.60. The molecule has 0 aromatic carbocycles. The topological polar surface area (TPSA) is 103 Å². The molecule has 1 amide bonds. The lowest BCUT2D eigenvalue weighted by molar-refractivity contribution is -0.117. The molecule has 84 valence electrons. The van der Waals surface area contributed by atoms with Crippen LogP contribution in [0.15, 0.2) is 0 Å². The van der Waals surface area contributed by atoms with Crippen LogP contribution in [0.25, 0.3) is 0 Å². The lowest BCUT2D eigenvalue weighted by Gasteiger charge is -2.21. The Morgan fingerprint density at radius 1 is 1.43 bits per heavy atom. The van der Waals surface area contributed by atoms with Crippen LogP contribution < -0.4 is 11.5 Å². The van der Waals surface area contributed by atoms with Crippen molar-refractivity contribution in [3.8, 4) is 0 Å². The van der Waals surface area contributed by atoms with Gasteiger partial charge in [-0.3, -0.25) is 4.79 Å². The van der Waals surface area contributed by atoms with E-state index < -0.39 is 26.5 Å². The quantitative estimate of drug-likeness (QED) is 0.648. The largest absolute Gasteiger partial charge is 0.369 e. The highest BCUT2D eigenvalue weighted by atomic mass is 32.2. The second-order valence-corrected chi connectivity index (χ2v) is 6.28. The smallest absolute Gasteiger partial charge is 0.235 e. The number of carbonyl (C=O) groups excluding carboxylic acids is 1. The van der Waals surface area contributed by atoms with E-state index in [0.717, 1.165) is 0 Å². The van der Waals surface area contributed by atoms with Crippen molar-refractivity contribution in [2.75, 3.05) is 5.75 Å². The van der Waals surface area contributed by atoms with E-state index in [0.29, 0.717) is 0 Å². The van der Waals surface area contributed by atoms with Crippen LogP contribution in [0.5, 0.6) is 0 Å². The minimum atomic E-state index is -3.53. The summed E-state index contributed by atoms with van der Waals surface area (Å²) in [7, 11) is -3.53. The van der Waals surface area contributed by atoms with Crippen LogP contribution in [0.3, 0.4) is 0 Å². The van der Waals surface area contributed by atoms with Crippen molar-refractivity contribution in [3.63, 3.8) is 0 Å². The summed E-state index contributed by atoms with van der Waals surface area (Å²) in [6.07, 6.45) is 0.188. The van der Waals surface area contributed by atoms with Gasteiger partial charge in [-0.1, -0.05) is 6.92 Å². The van der Waals surface area contributed by atoms with Gasteiger partial charge in [-0.2, -0.15) is 0 Å². The Bertz CT molecular complexity index is 303. The zero-order valence-electron chi connectivity index (χ0n) is 8.78. The zero-order chi connectivity index (χ0) is 11.6. The number of carbonyl (C=O) groups is 1. The molecule has 0 spiro atoms. The normalized spacial score (nSPS) is 15.1. The SMILES string of the molecule is CCC(C(N)=O)S(=O)(=O)CC(C)(C)N. The number of rotatable bonds is 5. The maximum atomic E-state index is 11.6. The van der Waals surface area contributed by atoms with E-state index in [4.69, 9.17) is 11.5 Å². The molecule has 0 aliphatic heterocycles. The fourth-order valence-corrected chi connectivity index (χ4v) is 3.35. The third-order valence-electron chi connectivity index (χ3n) is 1.69. The Balaban J connectivity index is 4.86. The molecule has 5 nitrogen and oxygen atoms in total. The second kappa shape index (κ2) is 4.27. The van der Waals surface area contributed by atoms with Gasteiger partial charge in [-0.15, -0.1) is 0 Å². The molecule has 14 heavy (non-hydrogen) atoms. The summed E-state index contributed by atoms with van der Waals surface area (Å²) in [4.78, 5) is 10.9. The van der Waals surface area contributed by atoms with Crippen LogP contribution in [-0.2, 0) is 14.6 Å². The molecule has 1 unspecified atom stereocenters. The molecule has 0 fully saturated rings. The number of amides is 1. The third-order valence-corrected chi connectivity index (χ3v) is 4.27. The van der Waals surface area contributed by atoms with Crippen LogP contribution in [-0.4, -0.2) is 30.9 Å². The van der Waals surface area contributed by atoms with Gasteiger partial charge in [0.1, 0.15) is 5.25 Å². The Morgan fingerprint density at radius 2 is 1.86 bits per heavy atom. The Morgan fingerprint density at radius 3 is 2.07 bits per heavy atom. The van der Waals surface area contributed by atoms with Crippen molar-refractivity contribution >= 4 is 15.7 Å². The lowest BCUT2D eigenvalue weighted by Crippen LogP contribution is -2.46. The maximum Gasteiger partial charge on any atom is 0.235 e. The van der Waals surface area contributed by atoms with E-state index in [2.05, 4.69) is 0 Å². The summed E-state index contributed by atoms with van der Waals surface area (Å²) in [5.41, 5.74) is 9.73. The Hall–Kier alpha value is -0.620. The molecule has 0 heterocycles. The van der Waals surface area contributed by atoms with Crippen LogP contribution in [0.1, 0.15) is 27.2 Å². The molecule has 0 aliphatic carbocycles. The van der Waals surface area contributed by atoms with Gasteiger partial charge >= 0.3 is 0 Å². The summed E-state index contributed by atoms with van der Waals surface area (Å²) in [5.74, 6) is -1.04. The fourth-order valence-electron chi connectivity index (χ4n) is 1.25. The molecule has 0 rings (SSSR count). The van der Waals surface area contributed by atoms with Crippen molar-refractivity contribution in [3.05, 3.63) is 0 Å². The fraction of sp³-hybridized carbons (Fsp3) is 0.875. The van der Waals surface area contributed by atoms with Crippen molar-refractivity contribution < 1.29 is 13.2 Å². The first-order valence-corrected chi connectivity index (χ1v) is 6.11. The summed E-state index contributed by atoms with van der Waals surface area (Å²) >= 11 is 0. The summed E-state index contributed by atoms with van der Waals surface area (Å²) in [6.45, 7) is 4.80. The predicted molar refractivity (Wildman–Crippen MR) is 55.3 cm³/mol. The molecule has 0 aliphatic rings. The molecule has 4 N–H and O–H groups in total. The van der Waals surface area contributed by atoms with Gasteiger partial charge in [-0.25, -0.2) is 8.42 Å². The molecule has 0 aromatic rings. The van der Waals surface area contributed by atoms with E-state index in [9.17, 15) is 13.2 Å². The monoisotopic (exact) mass is 222 g/mol. The van der Waals surface area contributed by atoms with Gasteiger partial charge in [0.15, 0.2) is 9.84 Å². The average molecular weight is 222 g/mol. The molecule has 6 heteroatoms. The number of hydrogen-bond donors (Lipinski definition) is 2. The highest BCUT2D eigenvalue weighted by Crippen LogP contribution is 2.12. The third kappa shape index (κ3) is 4.06. The van der Waals surface area contributed by atoms with Gasteiger partial charge in [0, 0.05) is 5.54 Å². The summed E-state index contributed by atoms with van der Waals surface area (Å²) in [6, 6.07) is 0. The molecule has 0 saturated carbocycles. The van der Waals surface area contributed by atoms with Crippen LogP contribution in [0.4, 0.5) is 0 Å². The van der Waals surface area contributed by atoms with Crippen molar-refractivity contribution in [2.24, 2.45) is 11.5 Å². The standard InChI is InChI=1S/C8H18N2O3S/c1-4-6(7(9)11)14(12,13)5-8(2,3)10/h6H,4-5,10H2,1-3H3,(H2,9,11). The molecular weight excluding hydrogens is 204 g/mol. The van der Waals surface area contributed by atoms with E-state index in [-0.39, 0.29) is 12.2 Å². The summed E-state index contributed by atoms with van der Waals surface area (Å²) in [5, 5.41) is -1.12. The molecular formula is C8H18N2O3S. The highest BCUT2D eigenvalue weighted by molar-refractivity contribution is 7.92. The first-order valence-electron chi connectivity index (χ1n) is 4.40. The van der Waals surface area contributed by atoms with Gasteiger partial charge in [0.25, 0.3) is 0 Å². The maximum absolute atomic E-state index is 11.6.